The summed E-state index contributed by atoms with van der Waals surface area (Å²) in [4.78, 5) is 32.9. The number of hydrogen-bond donors (Lipinski definition) is 1. The van der Waals surface area contributed by atoms with Crippen molar-refractivity contribution in [3.05, 3.63) is 33.9 Å². The molecule has 1 N–H and O–H groups in total. The first-order chi connectivity index (χ1) is 9.45. The molecule has 0 atom stereocenters. The van der Waals surface area contributed by atoms with Gasteiger partial charge in [0.15, 0.2) is 6.61 Å². The molecule has 0 unspecified atom stereocenters. The smallest absolute Gasteiger partial charge is 0.332 e. The molecule has 0 aliphatic carbocycles. The summed E-state index contributed by atoms with van der Waals surface area (Å²) in [6.07, 6.45) is 0. The molecular weight excluding hydrogens is 268 g/mol. The highest BCUT2D eigenvalue weighted by Gasteiger charge is 2.18. The van der Waals surface area contributed by atoms with Gasteiger partial charge in [0, 0.05) is 13.2 Å². The summed E-state index contributed by atoms with van der Waals surface area (Å²) < 4.78 is 9.14. The van der Waals surface area contributed by atoms with E-state index in [2.05, 4.69) is 14.8 Å². The van der Waals surface area contributed by atoms with Crippen LogP contribution in [-0.2, 0) is 19.1 Å². The minimum absolute atomic E-state index is 0.0882. The molecule has 0 aliphatic rings. The first-order valence-corrected chi connectivity index (χ1v) is 5.64. The Morgan fingerprint density at radius 3 is 2.65 bits per heavy atom. The minimum atomic E-state index is -0.693. The molecule has 0 saturated heterocycles. The fraction of sp³-hybridized carbons (Fsp3) is 0.333. The molecule has 0 aromatic heterocycles. The van der Waals surface area contributed by atoms with Gasteiger partial charge in [-0.05, 0) is 12.5 Å². The third-order valence-corrected chi connectivity index (χ3v) is 2.34. The Labute approximate surface area is 114 Å². The first kappa shape index (κ1) is 15.6. The Morgan fingerprint density at radius 1 is 1.35 bits per heavy atom. The summed E-state index contributed by atoms with van der Waals surface area (Å²) in [5.74, 6) is -1.35. The predicted molar refractivity (Wildman–Crippen MR) is 69.3 cm³/mol. The van der Waals surface area contributed by atoms with Gasteiger partial charge in [-0.2, -0.15) is 0 Å². The second-order valence-corrected chi connectivity index (χ2v) is 3.87. The quantitative estimate of drug-likeness (QED) is 0.474. The van der Waals surface area contributed by atoms with Crippen molar-refractivity contribution in [2.45, 2.75) is 6.92 Å². The molecule has 0 spiro atoms. The van der Waals surface area contributed by atoms with E-state index >= 15 is 0 Å². The fourth-order valence-corrected chi connectivity index (χ4v) is 1.45. The van der Waals surface area contributed by atoms with Crippen LogP contribution in [0.2, 0.25) is 0 Å². The number of methoxy groups -OCH3 is 1. The lowest BCUT2D eigenvalue weighted by Crippen LogP contribution is -2.23. The third kappa shape index (κ3) is 4.32. The number of benzene rings is 1. The number of nitro groups is 1. The van der Waals surface area contributed by atoms with Crippen LogP contribution in [0.3, 0.4) is 0 Å². The molecule has 1 rings (SSSR count). The van der Waals surface area contributed by atoms with Crippen LogP contribution in [0.25, 0.3) is 0 Å². The van der Waals surface area contributed by atoms with E-state index in [1.807, 2.05) is 0 Å². The maximum Gasteiger partial charge on any atom is 0.332 e. The summed E-state index contributed by atoms with van der Waals surface area (Å²) in [5, 5.41) is 13.2. The second-order valence-electron chi connectivity index (χ2n) is 3.87. The van der Waals surface area contributed by atoms with Crippen molar-refractivity contribution >= 4 is 23.3 Å². The van der Waals surface area contributed by atoms with Gasteiger partial charge in [-0.1, -0.05) is 12.1 Å². The van der Waals surface area contributed by atoms with Gasteiger partial charge in [-0.25, -0.2) is 4.79 Å². The molecule has 0 heterocycles. The number of carbonyl (C=O) groups excluding carboxylic acids is 2. The monoisotopic (exact) mass is 282 g/mol. The molecule has 8 nitrogen and oxygen atoms in total. The lowest BCUT2D eigenvalue weighted by molar-refractivity contribution is -0.384. The van der Waals surface area contributed by atoms with Crippen molar-refractivity contribution in [1.82, 2.24) is 0 Å². The third-order valence-electron chi connectivity index (χ3n) is 2.34. The minimum Gasteiger partial charge on any atom is -0.454 e. The van der Waals surface area contributed by atoms with Crippen molar-refractivity contribution < 1.29 is 24.0 Å². The van der Waals surface area contributed by atoms with E-state index in [1.54, 1.807) is 13.0 Å². The molecule has 0 aliphatic heterocycles. The Kier molecular flexibility index (Phi) is 5.60. The van der Waals surface area contributed by atoms with E-state index in [0.29, 0.717) is 5.56 Å². The summed E-state index contributed by atoms with van der Waals surface area (Å²) in [6, 6.07) is 4.42. The molecule has 108 valence electrons. The van der Waals surface area contributed by atoms with Crippen molar-refractivity contribution in [3.63, 3.8) is 0 Å². The number of hydrogen-bond acceptors (Lipinski definition) is 6. The number of nitrogens with one attached hydrogen (secondary N) is 1. The molecule has 0 fully saturated rings. The van der Waals surface area contributed by atoms with Gasteiger partial charge in [0.2, 0.25) is 0 Å². The SMILES string of the molecule is COCC(=O)OCC(=O)Nc1c(C)cccc1[N+](=O)[O-]. The predicted octanol–water partition coefficient (Wildman–Crippen LogP) is 1.03. The first-order valence-electron chi connectivity index (χ1n) is 5.64. The number of nitrogens with zero attached hydrogens (tertiary/aromatic N) is 1. The van der Waals surface area contributed by atoms with Crippen LogP contribution >= 0.6 is 0 Å². The van der Waals surface area contributed by atoms with Gasteiger partial charge in [0.1, 0.15) is 12.3 Å². The van der Waals surface area contributed by atoms with E-state index < -0.39 is 23.4 Å². The summed E-state index contributed by atoms with van der Waals surface area (Å²) in [5.41, 5.74) is 0.405. The fourth-order valence-electron chi connectivity index (χ4n) is 1.45. The number of anilines is 1. The van der Waals surface area contributed by atoms with Crippen LogP contribution in [0.15, 0.2) is 18.2 Å². The number of para-hydroxylation sites is 1. The summed E-state index contributed by atoms with van der Waals surface area (Å²) in [6.45, 7) is 0.824. The number of rotatable bonds is 6. The van der Waals surface area contributed by atoms with Gasteiger partial charge in [0.25, 0.3) is 11.6 Å². The highest BCUT2D eigenvalue weighted by molar-refractivity contribution is 5.95. The second kappa shape index (κ2) is 7.19. The normalized spacial score (nSPS) is 9.90. The number of amides is 1. The molecule has 0 bridgehead atoms. The van der Waals surface area contributed by atoms with Crippen molar-refractivity contribution in [3.8, 4) is 0 Å². The lowest BCUT2D eigenvalue weighted by atomic mass is 10.1. The molecule has 20 heavy (non-hydrogen) atoms. The van der Waals surface area contributed by atoms with Crippen molar-refractivity contribution in [2.75, 3.05) is 25.6 Å². The van der Waals surface area contributed by atoms with Crippen LogP contribution in [0.1, 0.15) is 5.56 Å². The standard InChI is InChI=1S/C12H14N2O6/c1-8-4-3-5-9(14(17)18)12(8)13-10(15)6-20-11(16)7-19-2/h3-5H,6-7H2,1-2H3,(H,13,15). The summed E-state index contributed by atoms with van der Waals surface area (Å²) >= 11 is 0. The molecular formula is C12H14N2O6. The number of ether oxygens (including phenoxy) is 2. The molecule has 1 aromatic carbocycles. The van der Waals surface area contributed by atoms with E-state index in [9.17, 15) is 19.7 Å². The number of esters is 1. The molecule has 0 radical (unpaired) electrons. The van der Waals surface area contributed by atoms with Crippen LogP contribution in [-0.4, -0.2) is 37.1 Å². The van der Waals surface area contributed by atoms with E-state index in [-0.39, 0.29) is 18.0 Å². The van der Waals surface area contributed by atoms with E-state index in [0.717, 1.165) is 0 Å². The zero-order valence-corrected chi connectivity index (χ0v) is 11.0. The van der Waals surface area contributed by atoms with E-state index in [4.69, 9.17) is 0 Å². The van der Waals surface area contributed by atoms with Crippen molar-refractivity contribution in [1.29, 1.82) is 0 Å². The Hall–Kier alpha value is -2.48. The van der Waals surface area contributed by atoms with Crippen LogP contribution in [0.5, 0.6) is 0 Å². The molecule has 0 saturated carbocycles. The Balaban J connectivity index is 2.71. The van der Waals surface area contributed by atoms with Gasteiger partial charge in [-0.3, -0.25) is 14.9 Å². The Morgan fingerprint density at radius 2 is 2.05 bits per heavy atom. The average molecular weight is 282 g/mol. The average Bonchev–Trinajstić information content (AvgIpc) is 2.39. The number of carbonyl (C=O) groups is 2. The van der Waals surface area contributed by atoms with E-state index in [1.165, 1.54) is 19.2 Å². The molecule has 1 amide bonds. The van der Waals surface area contributed by atoms with Crippen LogP contribution in [0.4, 0.5) is 11.4 Å². The Bertz CT molecular complexity index is 529. The van der Waals surface area contributed by atoms with Gasteiger partial charge in [-0.15, -0.1) is 0 Å². The topological polar surface area (TPSA) is 108 Å². The van der Waals surface area contributed by atoms with Gasteiger partial charge >= 0.3 is 5.97 Å². The largest absolute Gasteiger partial charge is 0.454 e. The highest BCUT2D eigenvalue weighted by atomic mass is 16.6. The lowest BCUT2D eigenvalue weighted by Gasteiger charge is -2.09. The highest BCUT2D eigenvalue weighted by Crippen LogP contribution is 2.27. The number of aryl methyl sites for hydroxylation is 1. The maximum absolute atomic E-state index is 11.6. The van der Waals surface area contributed by atoms with Gasteiger partial charge < -0.3 is 14.8 Å². The maximum atomic E-state index is 11.6. The zero-order chi connectivity index (χ0) is 15.1. The summed E-state index contributed by atoms with van der Waals surface area (Å²) in [7, 11) is 1.32. The molecule has 1 aromatic rings. The van der Waals surface area contributed by atoms with Gasteiger partial charge in [0.05, 0.1) is 4.92 Å². The van der Waals surface area contributed by atoms with Crippen molar-refractivity contribution in [2.24, 2.45) is 0 Å². The number of nitro benzene ring substituents is 1. The van der Waals surface area contributed by atoms with Crippen LogP contribution in [0, 0.1) is 17.0 Å². The molecule has 8 heteroatoms. The zero-order valence-electron chi connectivity index (χ0n) is 11.0. The van der Waals surface area contributed by atoms with Crippen LogP contribution < -0.4 is 5.32 Å².